The average Bonchev–Trinajstić information content (AvgIpc) is 2.48. The molecule has 1 aliphatic heterocycles. The Morgan fingerprint density at radius 2 is 1.91 bits per heavy atom. The summed E-state index contributed by atoms with van der Waals surface area (Å²) in [6.07, 6.45) is 3.38. The number of likely N-dealkylation sites (tertiary alicyclic amines) is 1. The van der Waals surface area contributed by atoms with E-state index in [1.165, 1.54) is 12.8 Å². The third kappa shape index (κ3) is 4.80. The first-order valence-electron chi connectivity index (χ1n) is 8.18. The molecule has 1 aromatic rings. The van der Waals surface area contributed by atoms with Gasteiger partial charge in [0.05, 0.1) is 4.90 Å². The van der Waals surface area contributed by atoms with Crippen molar-refractivity contribution in [3.63, 3.8) is 0 Å². The van der Waals surface area contributed by atoms with E-state index in [-0.39, 0.29) is 0 Å². The summed E-state index contributed by atoms with van der Waals surface area (Å²) in [5.41, 5.74) is 1.76. The molecule has 0 radical (unpaired) electrons. The van der Waals surface area contributed by atoms with Crippen LogP contribution in [0.1, 0.15) is 37.3 Å². The number of nitrogens with zero attached hydrogens (tertiary/aromatic N) is 1. The molecule has 1 fully saturated rings. The molecule has 0 aliphatic carbocycles. The number of rotatable bonds is 6. The molecule has 1 heterocycles. The standard InChI is InChI=1S/C17H28N2O2S/c1-14-7-11-19(12-8-14)10-4-9-18-22(20,21)17-13-15(2)5-6-16(17)3/h5-6,13-14,18H,4,7-12H2,1-3H3. The third-order valence-corrected chi connectivity index (χ3v) is 6.06. The lowest BCUT2D eigenvalue weighted by molar-refractivity contribution is 0.191. The van der Waals surface area contributed by atoms with Gasteiger partial charge in [-0.3, -0.25) is 0 Å². The van der Waals surface area contributed by atoms with Crippen LogP contribution >= 0.6 is 0 Å². The van der Waals surface area contributed by atoms with Crippen molar-refractivity contribution < 1.29 is 8.42 Å². The molecule has 124 valence electrons. The van der Waals surface area contributed by atoms with Crippen molar-refractivity contribution in [2.75, 3.05) is 26.2 Å². The number of hydrogen-bond donors (Lipinski definition) is 1. The maximum absolute atomic E-state index is 12.4. The Morgan fingerprint density at radius 3 is 2.59 bits per heavy atom. The van der Waals surface area contributed by atoms with Crippen molar-refractivity contribution in [3.05, 3.63) is 29.3 Å². The van der Waals surface area contributed by atoms with Crippen molar-refractivity contribution in [3.8, 4) is 0 Å². The van der Waals surface area contributed by atoms with Crippen LogP contribution in [0.15, 0.2) is 23.1 Å². The summed E-state index contributed by atoms with van der Waals surface area (Å²) in [5.74, 6) is 0.832. The van der Waals surface area contributed by atoms with E-state index in [0.717, 1.165) is 43.1 Å². The molecule has 1 aliphatic rings. The fraction of sp³-hybridized carbons (Fsp3) is 0.647. The highest BCUT2D eigenvalue weighted by Crippen LogP contribution is 2.17. The first-order valence-corrected chi connectivity index (χ1v) is 9.66. The zero-order chi connectivity index (χ0) is 16.2. The van der Waals surface area contributed by atoms with Gasteiger partial charge in [0.2, 0.25) is 10.0 Å². The molecule has 0 bridgehead atoms. The maximum Gasteiger partial charge on any atom is 0.240 e. The van der Waals surface area contributed by atoms with Crippen LogP contribution in [-0.4, -0.2) is 39.5 Å². The van der Waals surface area contributed by atoms with Crippen molar-refractivity contribution in [2.45, 2.75) is 44.9 Å². The Bertz CT molecular complexity index is 591. The Hall–Kier alpha value is -0.910. The molecule has 1 N–H and O–H groups in total. The normalized spacial score (nSPS) is 17.8. The van der Waals surface area contributed by atoms with Crippen LogP contribution in [0.3, 0.4) is 0 Å². The molecule has 4 nitrogen and oxygen atoms in total. The molecule has 0 atom stereocenters. The van der Waals surface area contributed by atoms with Crippen LogP contribution in [0.25, 0.3) is 0 Å². The summed E-state index contributed by atoms with van der Waals surface area (Å²) in [6.45, 7) is 9.81. The van der Waals surface area contributed by atoms with E-state index in [9.17, 15) is 8.42 Å². The van der Waals surface area contributed by atoms with Crippen LogP contribution in [0.5, 0.6) is 0 Å². The van der Waals surface area contributed by atoms with Gasteiger partial charge in [0.1, 0.15) is 0 Å². The van der Waals surface area contributed by atoms with Crippen LogP contribution < -0.4 is 4.72 Å². The number of piperidine rings is 1. The van der Waals surface area contributed by atoms with E-state index in [2.05, 4.69) is 16.5 Å². The lowest BCUT2D eigenvalue weighted by Gasteiger charge is -2.30. The Morgan fingerprint density at radius 1 is 1.23 bits per heavy atom. The fourth-order valence-corrected chi connectivity index (χ4v) is 4.27. The van der Waals surface area contributed by atoms with Crippen LogP contribution in [-0.2, 0) is 10.0 Å². The number of benzene rings is 1. The topological polar surface area (TPSA) is 49.4 Å². The summed E-state index contributed by atoms with van der Waals surface area (Å²) < 4.78 is 27.5. The molecule has 2 rings (SSSR count). The second-order valence-electron chi connectivity index (χ2n) is 6.54. The van der Waals surface area contributed by atoms with E-state index >= 15 is 0 Å². The molecule has 0 aromatic heterocycles. The highest BCUT2D eigenvalue weighted by molar-refractivity contribution is 7.89. The van der Waals surface area contributed by atoms with E-state index in [1.807, 2.05) is 26.0 Å². The SMILES string of the molecule is Cc1ccc(C)c(S(=O)(=O)NCCCN2CCC(C)CC2)c1. The molecule has 1 saturated heterocycles. The largest absolute Gasteiger partial charge is 0.303 e. The molecule has 0 unspecified atom stereocenters. The van der Waals surface area contributed by atoms with Crippen LogP contribution in [0.4, 0.5) is 0 Å². The van der Waals surface area contributed by atoms with Crippen molar-refractivity contribution in [1.29, 1.82) is 0 Å². The second kappa shape index (κ2) is 7.57. The molecule has 1 aromatic carbocycles. The molecule has 5 heteroatoms. The molecule has 0 saturated carbocycles. The van der Waals surface area contributed by atoms with Gasteiger partial charge in [0.25, 0.3) is 0 Å². The summed E-state index contributed by atoms with van der Waals surface area (Å²) >= 11 is 0. The Labute approximate surface area is 135 Å². The Kier molecular flexibility index (Phi) is 6.01. The lowest BCUT2D eigenvalue weighted by Crippen LogP contribution is -2.35. The van der Waals surface area contributed by atoms with E-state index < -0.39 is 10.0 Å². The number of aryl methyl sites for hydroxylation is 2. The van der Waals surface area contributed by atoms with Gasteiger partial charge in [-0.1, -0.05) is 19.1 Å². The van der Waals surface area contributed by atoms with Gasteiger partial charge in [-0.25, -0.2) is 13.1 Å². The smallest absolute Gasteiger partial charge is 0.240 e. The van der Waals surface area contributed by atoms with Crippen LogP contribution in [0.2, 0.25) is 0 Å². The zero-order valence-electron chi connectivity index (χ0n) is 13.9. The van der Waals surface area contributed by atoms with Crippen molar-refractivity contribution in [1.82, 2.24) is 9.62 Å². The van der Waals surface area contributed by atoms with Gasteiger partial charge in [-0.05, 0) is 75.9 Å². The first-order chi connectivity index (χ1) is 10.4. The minimum absolute atomic E-state index is 0.402. The third-order valence-electron chi connectivity index (χ3n) is 4.45. The molecule has 0 spiro atoms. The highest BCUT2D eigenvalue weighted by atomic mass is 32.2. The number of sulfonamides is 1. The van der Waals surface area contributed by atoms with E-state index in [0.29, 0.717) is 11.4 Å². The summed E-state index contributed by atoms with van der Waals surface area (Å²) in [7, 11) is -3.39. The van der Waals surface area contributed by atoms with Crippen molar-refractivity contribution >= 4 is 10.0 Å². The first kappa shape index (κ1) is 17.4. The van der Waals surface area contributed by atoms with Gasteiger partial charge >= 0.3 is 0 Å². The van der Waals surface area contributed by atoms with Crippen LogP contribution in [0, 0.1) is 19.8 Å². The highest BCUT2D eigenvalue weighted by Gasteiger charge is 2.18. The summed E-state index contributed by atoms with van der Waals surface area (Å²) in [5, 5.41) is 0. The monoisotopic (exact) mass is 324 g/mol. The average molecular weight is 324 g/mol. The summed E-state index contributed by atoms with van der Waals surface area (Å²) in [4.78, 5) is 2.84. The van der Waals surface area contributed by atoms with Gasteiger partial charge < -0.3 is 4.90 Å². The fourth-order valence-electron chi connectivity index (χ4n) is 2.87. The lowest BCUT2D eigenvalue weighted by atomic mass is 9.99. The van der Waals surface area contributed by atoms with Gasteiger partial charge in [-0.2, -0.15) is 0 Å². The number of hydrogen-bond acceptors (Lipinski definition) is 3. The number of nitrogens with one attached hydrogen (secondary N) is 1. The molecule has 0 amide bonds. The molecular formula is C17H28N2O2S. The van der Waals surface area contributed by atoms with E-state index in [1.54, 1.807) is 6.07 Å². The zero-order valence-corrected chi connectivity index (χ0v) is 14.7. The van der Waals surface area contributed by atoms with Gasteiger partial charge in [0.15, 0.2) is 0 Å². The van der Waals surface area contributed by atoms with Crippen molar-refractivity contribution in [2.24, 2.45) is 5.92 Å². The van der Waals surface area contributed by atoms with Gasteiger partial charge in [0, 0.05) is 6.54 Å². The minimum Gasteiger partial charge on any atom is -0.303 e. The Balaban J connectivity index is 1.82. The summed E-state index contributed by atoms with van der Waals surface area (Å²) in [6, 6.07) is 5.54. The molecular weight excluding hydrogens is 296 g/mol. The minimum atomic E-state index is -3.39. The predicted octanol–water partition coefficient (Wildman–Crippen LogP) is 2.70. The predicted molar refractivity (Wildman–Crippen MR) is 90.6 cm³/mol. The van der Waals surface area contributed by atoms with Gasteiger partial charge in [-0.15, -0.1) is 0 Å². The maximum atomic E-state index is 12.4. The molecule has 22 heavy (non-hydrogen) atoms. The quantitative estimate of drug-likeness (QED) is 0.819. The van der Waals surface area contributed by atoms with E-state index in [4.69, 9.17) is 0 Å². The second-order valence-corrected chi connectivity index (χ2v) is 8.28.